The average Bonchev–Trinajstić information content (AvgIpc) is 3.22. The molecule has 30 heavy (non-hydrogen) atoms. The van der Waals surface area contributed by atoms with Gasteiger partial charge in [-0.1, -0.05) is 25.5 Å². The number of rotatable bonds is 6. The van der Waals surface area contributed by atoms with Gasteiger partial charge in [-0.25, -0.2) is 4.98 Å². The summed E-state index contributed by atoms with van der Waals surface area (Å²) in [4.78, 5) is 21.1. The molecule has 0 atom stereocenters. The van der Waals surface area contributed by atoms with Gasteiger partial charge in [-0.15, -0.1) is 0 Å². The molecular weight excluding hydrogens is 374 g/mol. The van der Waals surface area contributed by atoms with Crippen molar-refractivity contribution in [1.29, 1.82) is 0 Å². The summed E-state index contributed by atoms with van der Waals surface area (Å²) >= 11 is 0. The molecule has 0 spiro atoms. The fourth-order valence-electron chi connectivity index (χ4n) is 4.20. The topological polar surface area (TPSA) is 71.8 Å². The first-order valence-corrected chi connectivity index (χ1v) is 10.9. The maximum atomic E-state index is 12.2. The van der Waals surface area contributed by atoms with Gasteiger partial charge < -0.3 is 15.2 Å². The predicted octanol–water partition coefficient (Wildman–Crippen LogP) is 4.40. The molecule has 2 aromatic heterocycles. The molecule has 6 nitrogen and oxygen atoms in total. The first-order valence-electron chi connectivity index (χ1n) is 10.9. The van der Waals surface area contributed by atoms with Gasteiger partial charge >= 0.3 is 0 Å². The van der Waals surface area contributed by atoms with E-state index in [0.717, 1.165) is 36.9 Å². The van der Waals surface area contributed by atoms with Crippen LogP contribution in [0.3, 0.4) is 0 Å². The number of nitrogens with zero attached hydrogens (tertiary/aromatic N) is 3. The number of aryl methyl sites for hydroxylation is 1. The Labute approximate surface area is 178 Å². The zero-order valence-electron chi connectivity index (χ0n) is 18.1. The number of aromatic nitrogens is 3. The summed E-state index contributed by atoms with van der Waals surface area (Å²) < 4.78 is 1.80. The third-order valence-electron chi connectivity index (χ3n) is 5.91. The minimum atomic E-state index is 0.0570. The van der Waals surface area contributed by atoms with Gasteiger partial charge in [-0.2, -0.15) is 0 Å². The fourth-order valence-corrected chi connectivity index (χ4v) is 4.20. The van der Waals surface area contributed by atoms with Gasteiger partial charge in [0.15, 0.2) is 0 Å². The summed E-state index contributed by atoms with van der Waals surface area (Å²) in [6, 6.07) is 9.34. The van der Waals surface area contributed by atoms with E-state index in [9.17, 15) is 4.79 Å². The molecule has 1 amide bonds. The molecule has 2 N–H and O–H groups in total. The van der Waals surface area contributed by atoms with E-state index in [0.29, 0.717) is 18.5 Å². The highest BCUT2D eigenvalue weighted by atomic mass is 16.2. The van der Waals surface area contributed by atoms with E-state index >= 15 is 0 Å². The van der Waals surface area contributed by atoms with Gasteiger partial charge in [0.25, 0.3) is 0 Å². The van der Waals surface area contributed by atoms with Crippen LogP contribution in [0.2, 0.25) is 0 Å². The highest BCUT2D eigenvalue weighted by molar-refractivity contribution is 5.92. The molecule has 1 aliphatic rings. The summed E-state index contributed by atoms with van der Waals surface area (Å²) in [5, 5.41) is 8.16. The summed E-state index contributed by atoms with van der Waals surface area (Å²) in [5.74, 6) is 0.444. The van der Waals surface area contributed by atoms with E-state index in [-0.39, 0.29) is 11.9 Å². The lowest BCUT2D eigenvalue weighted by Gasteiger charge is -2.31. The Bertz CT molecular complexity index is 1000. The van der Waals surface area contributed by atoms with Crippen LogP contribution >= 0.6 is 0 Å². The highest BCUT2D eigenvalue weighted by Crippen LogP contribution is 2.30. The maximum absolute atomic E-state index is 12.2. The number of imidazole rings is 1. The number of hydrogen-bond donors (Lipinski definition) is 2. The Kier molecular flexibility index (Phi) is 6.02. The molecule has 2 heterocycles. The van der Waals surface area contributed by atoms with Crippen LogP contribution in [0.4, 0.5) is 5.69 Å². The van der Waals surface area contributed by atoms with E-state index < -0.39 is 0 Å². The van der Waals surface area contributed by atoms with Gasteiger partial charge in [0.1, 0.15) is 6.54 Å². The van der Waals surface area contributed by atoms with Crippen molar-refractivity contribution in [2.75, 3.05) is 5.32 Å². The second kappa shape index (κ2) is 8.86. The zero-order chi connectivity index (χ0) is 21.1. The molecular formula is C24H31N5O. The van der Waals surface area contributed by atoms with Crippen molar-refractivity contribution in [3.05, 3.63) is 54.2 Å². The van der Waals surface area contributed by atoms with Gasteiger partial charge in [0, 0.05) is 41.2 Å². The molecule has 158 valence electrons. The van der Waals surface area contributed by atoms with Crippen molar-refractivity contribution in [3.8, 4) is 0 Å². The van der Waals surface area contributed by atoms with Crippen molar-refractivity contribution in [1.82, 2.24) is 19.9 Å². The lowest BCUT2D eigenvalue weighted by Crippen LogP contribution is -2.41. The second-order valence-electron chi connectivity index (χ2n) is 8.77. The third kappa shape index (κ3) is 4.81. The van der Waals surface area contributed by atoms with Crippen molar-refractivity contribution < 1.29 is 4.79 Å². The van der Waals surface area contributed by atoms with E-state index in [1.165, 1.54) is 16.6 Å². The van der Waals surface area contributed by atoms with Crippen LogP contribution in [0.25, 0.3) is 10.9 Å². The molecule has 3 aromatic rings. The minimum absolute atomic E-state index is 0.0570. The van der Waals surface area contributed by atoms with Crippen molar-refractivity contribution >= 4 is 22.5 Å². The van der Waals surface area contributed by atoms with E-state index in [1.54, 1.807) is 17.1 Å². The SMILES string of the molecule is Cc1ccc2nc(C(C)C)cc(NC3CCC(NC(=O)Cn4ccnc4)CC3)c2c1. The van der Waals surface area contributed by atoms with Crippen LogP contribution in [0.15, 0.2) is 43.0 Å². The lowest BCUT2D eigenvalue weighted by molar-refractivity contribution is -0.122. The number of nitrogens with one attached hydrogen (secondary N) is 2. The third-order valence-corrected chi connectivity index (χ3v) is 5.91. The highest BCUT2D eigenvalue weighted by Gasteiger charge is 2.23. The minimum Gasteiger partial charge on any atom is -0.382 e. The first kappa shape index (κ1) is 20.4. The molecule has 6 heteroatoms. The van der Waals surface area contributed by atoms with E-state index in [1.807, 2.05) is 6.20 Å². The van der Waals surface area contributed by atoms with E-state index in [2.05, 4.69) is 60.7 Å². The van der Waals surface area contributed by atoms with Crippen LogP contribution in [0, 0.1) is 6.92 Å². The molecule has 0 aliphatic heterocycles. The number of pyridine rings is 1. The lowest BCUT2D eigenvalue weighted by atomic mass is 9.90. The van der Waals surface area contributed by atoms with E-state index in [4.69, 9.17) is 4.98 Å². The Balaban J connectivity index is 1.39. The Morgan fingerprint density at radius 1 is 1.17 bits per heavy atom. The van der Waals surface area contributed by atoms with Crippen molar-refractivity contribution in [2.24, 2.45) is 0 Å². The van der Waals surface area contributed by atoms with Crippen LogP contribution in [-0.4, -0.2) is 32.5 Å². The van der Waals surface area contributed by atoms with Crippen LogP contribution in [-0.2, 0) is 11.3 Å². The number of hydrogen-bond acceptors (Lipinski definition) is 4. The molecule has 0 unspecified atom stereocenters. The van der Waals surface area contributed by atoms with Crippen LogP contribution < -0.4 is 10.6 Å². The number of anilines is 1. The average molecular weight is 406 g/mol. The summed E-state index contributed by atoms with van der Waals surface area (Å²) in [6.45, 7) is 6.82. The molecule has 0 saturated heterocycles. The monoisotopic (exact) mass is 405 g/mol. The maximum Gasteiger partial charge on any atom is 0.240 e. The summed E-state index contributed by atoms with van der Waals surface area (Å²) in [6.07, 6.45) is 9.25. The van der Waals surface area contributed by atoms with Gasteiger partial charge in [0.05, 0.1) is 11.8 Å². The fraction of sp³-hybridized carbons (Fsp3) is 0.458. The molecule has 1 fully saturated rings. The van der Waals surface area contributed by atoms with Crippen LogP contribution in [0.1, 0.15) is 56.7 Å². The normalized spacial score (nSPS) is 19.2. The summed E-state index contributed by atoms with van der Waals surface area (Å²) in [5.41, 5.74) is 4.60. The molecule has 0 radical (unpaired) electrons. The largest absolute Gasteiger partial charge is 0.382 e. The smallest absolute Gasteiger partial charge is 0.240 e. The summed E-state index contributed by atoms with van der Waals surface area (Å²) in [7, 11) is 0. The molecule has 1 aliphatic carbocycles. The van der Waals surface area contributed by atoms with Gasteiger partial charge in [-0.3, -0.25) is 9.78 Å². The second-order valence-corrected chi connectivity index (χ2v) is 8.77. The van der Waals surface area contributed by atoms with Crippen molar-refractivity contribution in [3.63, 3.8) is 0 Å². The Hall–Kier alpha value is -2.89. The number of amides is 1. The zero-order valence-corrected chi connectivity index (χ0v) is 18.1. The first-order chi connectivity index (χ1) is 14.5. The molecule has 1 aromatic carbocycles. The molecule has 1 saturated carbocycles. The standard InChI is InChI=1S/C24H31N5O/c1-16(2)22-13-23(20-12-17(3)4-9-21(20)28-22)26-18-5-7-19(8-6-18)27-24(30)14-29-11-10-25-15-29/h4,9-13,15-16,18-19H,5-8,14H2,1-3H3,(H,26,28)(H,27,30). The van der Waals surface area contributed by atoms with Gasteiger partial charge in [0.2, 0.25) is 5.91 Å². The van der Waals surface area contributed by atoms with Crippen molar-refractivity contribution in [2.45, 2.75) is 71.0 Å². The predicted molar refractivity (Wildman–Crippen MR) is 121 cm³/mol. The number of fused-ring (bicyclic) bond motifs is 1. The number of benzene rings is 1. The Morgan fingerprint density at radius 3 is 2.63 bits per heavy atom. The van der Waals surface area contributed by atoms with Crippen LogP contribution in [0.5, 0.6) is 0 Å². The Morgan fingerprint density at radius 2 is 1.93 bits per heavy atom. The number of carbonyl (C=O) groups is 1. The molecule has 0 bridgehead atoms. The quantitative estimate of drug-likeness (QED) is 0.637. The van der Waals surface area contributed by atoms with Gasteiger partial charge in [-0.05, 0) is 56.7 Å². The number of carbonyl (C=O) groups excluding carboxylic acids is 1. The molecule has 4 rings (SSSR count).